The van der Waals surface area contributed by atoms with E-state index in [1.54, 1.807) is 0 Å². The minimum atomic E-state index is 0.181. The van der Waals surface area contributed by atoms with E-state index in [9.17, 15) is 0 Å². The number of aliphatic imine (C=N–C) groups is 3. The van der Waals surface area contributed by atoms with Gasteiger partial charge in [-0.3, -0.25) is 15.0 Å². The van der Waals surface area contributed by atoms with Crippen LogP contribution >= 0.6 is 0 Å². The first-order valence-electron chi connectivity index (χ1n) is 11.8. The minimum absolute atomic E-state index is 0.181. The summed E-state index contributed by atoms with van der Waals surface area (Å²) in [7, 11) is 0. The summed E-state index contributed by atoms with van der Waals surface area (Å²) in [5, 5.41) is 6.42. The van der Waals surface area contributed by atoms with E-state index in [0.717, 1.165) is 62.6 Å². The van der Waals surface area contributed by atoms with Gasteiger partial charge < -0.3 is 32.6 Å². The number of guanidine groups is 2. The highest BCUT2D eigenvalue weighted by Gasteiger charge is 2.06. The Hall–Kier alpha value is -2.97. The molecule has 0 saturated heterocycles. The number of rotatable bonds is 15. The van der Waals surface area contributed by atoms with Gasteiger partial charge in [0.05, 0.1) is 6.54 Å². The molecule has 0 saturated carbocycles. The number of hydrogen-bond acceptors (Lipinski definition) is 5. The fourth-order valence-electron chi connectivity index (χ4n) is 3.35. The van der Waals surface area contributed by atoms with Gasteiger partial charge >= 0.3 is 0 Å². The number of amidine groups is 1. The second-order valence-corrected chi connectivity index (χ2v) is 7.86. The Balaban J connectivity index is 1.45. The molecule has 1 aliphatic rings. The molecule has 1 aromatic carbocycles. The van der Waals surface area contributed by atoms with Crippen LogP contribution in [-0.2, 0) is 0 Å². The van der Waals surface area contributed by atoms with Crippen molar-refractivity contribution < 1.29 is 4.74 Å². The molecule has 178 valence electrons. The van der Waals surface area contributed by atoms with Crippen LogP contribution in [0.2, 0.25) is 0 Å². The Morgan fingerprint density at radius 3 is 2.22 bits per heavy atom. The number of unbranched alkanes of at least 4 members (excludes halogenated alkanes) is 6. The summed E-state index contributed by atoms with van der Waals surface area (Å²) < 4.78 is 5.76. The first-order chi connectivity index (χ1) is 15.6. The Kier molecular flexibility index (Phi) is 12.5. The van der Waals surface area contributed by atoms with Crippen LogP contribution in [-0.4, -0.2) is 57.1 Å². The maximum Gasteiger partial charge on any atom is 0.188 e. The van der Waals surface area contributed by atoms with E-state index in [1.165, 1.54) is 32.1 Å². The average Bonchev–Trinajstić information content (AvgIpc) is 2.81. The summed E-state index contributed by atoms with van der Waals surface area (Å²) in [6.07, 6.45) is 9.22. The van der Waals surface area contributed by atoms with Gasteiger partial charge in [-0.1, -0.05) is 32.1 Å². The van der Waals surface area contributed by atoms with E-state index in [2.05, 4.69) is 25.6 Å². The van der Waals surface area contributed by atoms with Gasteiger partial charge in [0.1, 0.15) is 18.2 Å². The van der Waals surface area contributed by atoms with Crippen LogP contribution in [0, 0.1) is 0 Å². The lowest BCUT2D eigenvalue weighted by molar-refractivity contribution is 0.322. The maximum atomic E-state index is 5.92. The predicted molar refractivity (Wildman–Crippen MR) is 133 cm³/mol. The molecule has 8 N–H and O–H groups in total. The highest BCUT2D eigenvalue weighted by molar-refractivity contribution is 5.99. The van der Waals surface area contributed by atoms with E-state index in [4.69, 9.17) is 21.9 Å². The lowest BCUT2D eigenvalue weighted by Gasteiger charge is -2.15. The third-order valence-corrected chi connectivity index (χ3v) is 5.09. The summed E-state index contributed by atoms with van der Waals surface area (Å²) >= 11 is 0. The molecule has 0 bridgehead atoms. The molecule has 0 aromatic heterocycles. The summed E-state index contributed by atoms with van der Waals surface area (Å²) in [4.78, 5) is 12.9. The van der Waals surface area contributed by atoms with Gasteiger partial charge in [-0.05, 0) is 43.5 Å². The molecule has 1 heterocycles. The molecule has 1 aromatic rings. The highest BCUT2D eigenvalue weighted by atomic mass is 16.5. The lowest BCUT2D eigenvalue weighted by atomic mass is 10.1. The molecule has 9 heteroatoms. The van der Waals surface area contributed by atoms with Crippen molar-refractivity contribution in [1.29, 1.82) is 0 Å². The summed E-state index contributed by atoms with van der Waals surface area (Å²) in [6, 6.07) is 8.00. The normalized spacial score (nSPS) is 13.8. The SMILES string of the molecule is NC(N)=NCCCCCCCCCN=C(N)NCCOc1ccc(C2=NCCCN2)cc1. The Morgan fingerprint density at radius 2 is 1.59 bits per heavy atom. The zero-order valence-corrected chi connectivity index (χ0v) is 19.2. The standard InChI is InChI=1S/C23H40N8O/c24-22(25)29-13-6-4-2-1-3-5-7-14-30-23(26)31-17-18-32-20-11-9-19(10-12-20)21-27-15-8-16-28-21/h9-12H,1-8,13-18H2,(H,27,28)(H4,24,25,29)(H3,26,30,31). The molecule has 32 heavy (non-hydrogen) atoms. The molecule has 1 aliphatic heterocycles. The molecule has 9 nitrogen and oxygen atoms in total. The van der Waals surface area contributed by atoms with Gasteiger partial charge in [-0.25, -0.2) is 0 Å². The molecule has 0 amide bonds. The number of nitrogens with two attached hydrogens (primary N) is 3. The monoisotopic (exact) mass is 444 g/mol. The molecule has 0 unspecified atom stereocenters. The van der Waals surface area contributed by atoms with Gasteiger partial charge in [-0.2, -0.15) is 0 Å². The molecule has 2 rings (SSSR count). The summed E-state index contributed by atoms with van der Waals surface area (Å²) in [6.45, 7) is 4.49. The predicted octanol–water partition coefficient (Wildman–Crippen LogP) is 1.71. The summed E-state index contributed by atoms with van der Waals surface area (Å²) in [5.74, 6) is 2.46. The Bertz CT molecular complexity index is 726. The third kappa shape index (κ3) is 11.4. The molecule has 0 spiro atoms. The Labute approximate surface area is 192 Å². The van der Waals surface area contributed by atoms with Crippen molar-refractivity contribution in [1.82, 2.24) is 10.6 Å². The van der Waals surface area contributed by atoms with E-state index >= 15 is 0 Å². The number of nitrogens with zero attached hydrogens (tertiary/aromatic N) is 3. The number of ether oxygens (including phenoxy) is 1. The molecule has 0 aliphatic carbocycles. The van der Waals surface area contributed by atoms with Crippen LogP contribution in [0.3, 0.4) is 0 Å². The average molecular weight is 445 g/mol. The van der Waals surface area contributed by atoms with Crippen molar-refractivity contribution in [2.24, 2.45) is 32.2 Å². The van der Waals surface area contributed by atoms with Crippen LogP contribution in [0.1, 0.15) is 56.9 Å². The van der Waals surface area contributed by atoms with Crippen molar-refractivity contribution in [3.8, 4) is 5.75 Å². The van der Waals surface area contributed by atoms with Crippen LogP contribution in [0.5, 0.6) is 5.75 Å². The quantitative estimate of drug-likeness (QED) is 0.158. The maximum absolute atomic E-state index is 5.92. The Morgan fingerprint density at radius 1 is 0.938 bits per heavy atom. The summed E-state index contributed by atoms with van der Waals surface area (Å²) in [5.41, 5.74) is 17.6. The minimum Gasteiger partial charge on any atom is -0.492 e. The fourth-order valence-corrected chi connectivity index (χ4v) is 3.35. The van der Waals surface area contributed by atoms with Gasteiger partial charge in [0.25, 0.3) is 0 Å². The van der Waals surface area contributed by atoms with Crippen LogP contribution in [0.4, 0.5) is 0 Å². The second-order valence-electron chi connectivity index (χ2n) is 7.86. The number of nitrogens with one attached hydrogen (secondary N) is 2. The largest absolute Gasteiger partial charge is 0.492 e. The number of benzene rings is 1. The van der Waals surface area contributed by atoms with Crippen molar-refractivity contribution in [2.75, 3.05) is 39.3 Å². The highest BCUT2D eigenvalue weighted by Crippen LogP contribution is 2.13. The van der Waals surface area contributed by atoms with Gasteiger partial charge in [0, 0.05) is 31.7 Å². The lowest BCUT2D eigenvalue weighted by Crippen LogP contribution is -2.34. The zero-order valence-electron chi connectivity index (χ0n) is 19.2. The van der Waals surface area contributed by atoms with E-state index in [1.807, 2.05) is 24.3 Å². The van der Waals surface area contributed by atoms with Crippen molar-refractivity contribution >= 4 is 17.8 Å². The van der Waals surface area contributed by atoms with Crippen LogP contribution < -0.4 is 32.6 Å². The molecular formula is C23H40N8O. The molecule has 0 radical (unpaired) electrons. The smallest absolute Gasteiger partial charge is 0.188 e. The van der Waals surface area contributed by atoms with E-state index < -0.39 is 0 Å². The van der Waals surface area contributed by atoms with E-state index in [-0.39, 0.29) is 5.96 Å². The molecular weight excluding hydrogens is 404 g/mol. The fraction of sp³-hybridized carbons (Fsp3) is 0.609. The van der Waals surface area contributed by atoms with Crippen LogP contribution in [0.15, 0.2) is 39.2 Å². The van der Waals surface area contributed by atoms with Gasteiger partial charge in [0.2, 0.25) is 0 Å². The van der Waals surface area contributed by atoms with Gasteiger partial charge in [0.15, 0.2) is 11.9 Å². The second kappa shape index (κ2) is 15.8. The first-order valence-corrected chi connectivity index (χ1v) is 11.8. The van der Waals surface area contributed by atoms with Crippen LogP contribution in [0.25, 0.3) is 0 Å². The van der Waals surface area contributed by atoms with Gasteiger partial charge in [-0.15, -0.1) is 0 Å². The van der Waals surface area contributed by atoms with Crippen molar-refractivity contribution in [2.45, 2.75) is 51.4 Å². The van der Waals surface area contributed by atoms with Crippen molar-refractivity contribution in [3.63, 3.8) is 0 Å². The van der Waals surface area contributed by atoms with Crippen molar-refractivity contribution in [3.05, 3.63) is 29.8 Å². The molecule has 0 atom stereocenters. The topological polar surface area (TPSA) is 148 Å². The molecule has 0 fully saturated rings. The number of hydrogen-bond donors (Lipinski definition) is 5. The third-order valence-electron chi connectivity index (χ3n) is 5.09. The van der Waals surface area contributed by atoms with E-state index in [0.29, 0.717) is 19.1 Å². The zero-order chi connectivity index (χ0) is 22.9. The first kappa shape index (κ1) is 25.3.